The summed E-state index contributed by atoms with van der Waals surface area (Å²) in [5.74, 6) is 0.119. The number of carbonyl (C=O) groups is 1. The molecule has 2 nitrogen and oxygen atoms in total. The highest BCUT2D eigenvalue weighted by molar-refractivity contribution is 5.94. The van der Waals surface area contributed by atoms with E-state index in [4.69, 9.17) is 0 Å². The van der Waals surface area contributed by atoms with Crippen LogP contribution in [0.3, 0.4) is 0 Å². The zero-order valence-corrected chi connectivity index (χ0v) is 11.3. The van der Waals surface area contributed by atoms with E-state index >= 15 is 0 Å². The van der Waals surface area contributed by atoms with Gasteiger partial charge in [-0.15, -0.1) is 0 Å². The first kappa shape index (κ1) is 13.1. The van der Waals surface area contributed by atoms with Crippen molar-refractivity contribution in [1.29, 1.82) is 0 Å². The van der Waals surface area contributed by atoms with Gasteiger partial charge in [-0.2, -0.15) is 0 Å². The number of Topliss-reactive ketones (excluding diaryl/α,β-unsaturated/α-hetero) is 1. The standard InChI is InChI=1S/C18H18O2/c19-16-11-12-18(17(20)13-16,14-7-3-1-4-8-14)15-9-5-2-6-10-15/h1-10,16,19H,11-13H2. The molecule has 1 N–H and O–H groups in total. The summed E-state index contributed by atoms with van der Waals surface area (Å²) in [6, 6.07) is 19.9. The molecule has 3 rings (SSSR count). The van der Waals surface area contributed by atoms with Crippen LogP contribution in [0, 0.1) is 0 Å². The molecule has 1 atom stereocenters. The number of aliphatic hydroxyl groups excluding tert-OH is 1. The molecule has 2 aromatic rings. The Morgan fingerprint density at radius 3 is 1.85 bits per heavy atom. The van der Waals surface area contributed by atoms with Crippen LogP contribution in [0.15, 0.2) is 60.7 Å². The number of hydrogen-bond donors (Lipinski definition) is 1. The van der Waals surface area contributed by atoms with E-state index in [1.807, 2.05) is 60.7 Å². The van der Waals surface area contributed by atoms with Gasteiger partial charge in [-0.05, 0) is 24.0 Å². The predicted molar refractivity (Wildman–Crippen MR) is 78.5 cm³/mol. The average molecular weight is 266 g/mol. The highest BCUT2D eigenvalue weighted by Crippen LogP contribution is 2.42. The second-order valence-electron chi connectivity index (χ2n) is 5.46. The number of ketones is 1. The minimum atomic E-state index is -0.595. The van der Waals surface area contributed by atoms with Crippen molar-refractivity contribution in [3.05, 3.63) is 71.8 Å². The molecule has 2 aromatic carbocycles. The van der Waals surface area contributed by atoms with E-state index in [0.717, 1.165) is 11.1 Å². The molecule has 1 saturated carbocycles. The number of benzene rings is 2. The molecule has 1 unspecified atom stereocenters. The largest absolute Gasteiger partial charge is 0.393 e. The lowest BCUT2D eigenvalue weighted by Crippen LogP contribution is -2.43. The lowest BCUT2D eigenvalue weighted by atomic mass is 9.64. The first-order valence-electron chi connectivity index (χ1n) is 7.06. The fourth-order valence-corrected chi connectivity index (χ4v) is 3.24. The molecule has 1 aliphatic rings. The highest BCUT2D eigenvalue weighted by Gasteiger charge is 2.44. The van der Waals surface area contributed by atoms with E-state index in [1.54, 1.807) is 0 Å². The van der Waals surface area contributed by atoms with Crippen LogP contribution in [0.25, 0.3) is 0 Å². The van der Waals surface area contributed by atoms with E-state index in [2.05, 4.69) is 0 Å². The molecule has 102 valence electrons. The molecule has 0 heterocycles. The topological polar surface area (TPSA) is 37.3 Å². The van der Waals surface area contributed by atoms with Gasteiger partial charge in [0.2, 0.25) is 0 Å². The van der Waals surface area contributed by atoms with Gasteiger partial charge in [0.1, 0.15) is 5.78 Å². The summed E-state index contributed by atoms with van der Waals surface area (Å²) in [5, 5.41) is 9.78. The first-order chi connectivity index (χ1) is 9.73. The molecule has 0 saturated heterocycles. The zero-order chi connectivity index (χ0) is 14.0. The Hall–Kier alpha value is -1.93. The summed E-state index contributed by atoms with van der Waals surface area (Å²) in [6.45, 7) is 0. The van der Waals surface area contributed by atoms with E-state index < -0.39 is 11.5 Å². The normalized spacial score (nSPS) is 21.6. The van der Waals surface area contributed by atoms with Crippen molar-refractivity contribution < 1.29 is 9.90 Å². The number of aliphatic hydroxyl groups is 1. The van der Waals surface area contributed by atoms with Gasteiger partial charge in [0.15, 0.2) is 0 Å². The zero-order valence-electron chi connectivity index (χ0n) is 11.3. The summed E-state index contributed by atoms with van der Waals surface area (Å²) in [5.41, 5.74) is 1.47. The Balaban J connectivity index is 2.16. The molecule has 0 aliphatic heterocycles. The maximum Gasteiger partial charge on any atom is 0.150 e. The molecule has 1 aliphatic carbocycles. The summed E-state index contributed by atoms with van der Waals surface area (Å²) < 4.78 is 0. The van der Waals surface area contributed by atoms with E-state index in [0.29, 0.717) is 12.8 Å². The fraction of sp³-hybridized carbons (Fsp3) is 0.278. The third kappa shape index (κ3) is 2.06. The summed E-state index contributed by atoms with van der Waals surface area (Å²) in [7, 11) is 0. The number of rotatable bonds is 2. The minimum Gasteiger partial charge on any atom is -0.393 e. The van der Waals surface area contributed by atoms with E-state index in [9.17, 15) is 9.90 Å². The Bertz CT molecular complexity index is 550. The lowest BCUT2D eigenvalue weighted by Gasteiger charge is -2.38. The molecule has 0 spiro atoms. The molecule has 0 bridgehead atoms. The van der Waals surface area contributed by atoms with E-state index in [1.165, 1.54) is 0 Å². The second-order valence-corrected chi connectivity index (χ2v) is 5.46. The SMILES string of the molecule is O=C1CC(O)CCC1(c1ccccc1)c1ccccc1. The van der Waals surface area contributed by atoms with Gasteiger partial charge in [-0.3, -0.25) is 4.79 Å². The Labute approximate surface area is 119 Å². The van der Waals surface area contributed by atoms with Crippen molar-refractivity contribution in [1.82, 2.24) is 0 Å². The van der Waals surface area contributed by atoms with Crippen LogP contribution in [0.5, 0.6) is 0 Å². The number of carbonyl (C=O) groups excluding carboxylic acids is 1. The van der Waals surface area contributed by atoms with Gasteiger partial charge in [-0.1, -0.05) is 60.7 Å². The highest BCUT2D eigenvalue weighted by atomic mass is 16.3. The van der Waals surface area contributed by atoms with Crippen molar-refractivity contribution in [2.75, 3.05) is 0 Å². The molecule has 1 fully saturated rings. The van der Waals surface area contributed by atoms with Crippen molar-refractivity contribution in [3.63, 3.8) is 0 Å². The van der Waals surface area contributed by atoms with Crippen LogP contribution < -0.4 is 0 Å². The van der Waals surface area contributed by atoms with Gasteiger partial charge < -0.3 is 5.11 Å². The second kappa shape index (κ2) is 5.22. The van der Waals surface area contributed by atoms with Crippen molar-refractivity contribution >= 4 is 5.78 Å². The molecule has 0 radical (unpaired) electrons. The molecular weight excluding hydrogens is 248 g/mol. The third-order valence-electron chi connectivity index (χ3n) is 4.28. The third-order valence-corrected chi connectivity index (χ3v) is 4.28. The monoisotopic (exact) mass is 266 g/mol. The predicted octanol–water partition coefficient (Wildman–Crippen LogP) is 3.09. The fourth-order valence-electron chi connectivity index (χ4n) is 3.24. The average Bonchev–Trinajstić information content (AvgIpc) is 2.50. The lowest BCUT2D eigenvalue weighted by molar-refractivity contribution is -0.128. The maximum atomic E-state index is 12.8. The Morgan fingerprint density at radius 1 is 0.900 bits per heavy atom. The van der Waals surface area contributed by atoms with Crippen molar-refractivity contribution in [2.24, 2.45) is 0 Å². The van der Waals surface area contributed by atoms with Gasteiger partial charge in [0.05, 0.1) is 11.5 Å². The van der Waals surface area contributed by atoms with Crippen LogP contribution in [0.4, 0.5) is 0 Å². The van der Waals surface area contributed by atoms with Gasteiger partial charge in [-0.25, -0.2) is 0 Å². The maximum absolute atomic E-state index is 12.8. The molecule has 0 amide bonds. The van der Waals surface area contributed by atoms with Crippen molar-refractivity contribution in [3.8, 4) is 0 Å². The summed E-state index contributed by atoms with van der Waals surface area (Å²) in [6.07, 6.45) is 1.07. The first-order valence-corrected chi connectivity index (χ1v) is 7.06. The molecule has 0 aromatic heterocycles. The van der Waals surface area contributed by atoms with E-state index in [-0.39, 0.29) is 12.2 Å². The Kier molecular flexibility index (Phi) is 3.41. The van der Waals surface area contributed by atoms with Crippen LogP contribution in [0.1, 0.15) is 30.4 Å². The van der Waals surface area contributed by atoms with Crippen LogP contribution >= 0.6 is 0 Å². The van der Waals surface area contributed by atoms with Crippen LogP contribution in [-0.4, -0.2) is 17.0 Å². The summed E-state index contributed by atoms with van der Waals surface area (Å²) >= 11 is 0. The Morgan fingerprint density at radius 2 is 1.40 bits per heavy atom. The summed E-state index contributed by atoms with van der Waals surface area (Å²) in [4.78, 5) is 12.8. The van der Waals surface area contributed by atoms with Gasteiger partial charge in [0, 0.05) is 6.42 Å². The van der Waals surface area contributed by atoms with Gasteiger partial charge >= 0.3 is 0 Å². The molecule has 20 heavy (non-hydrogen) atoms. The smallest absolute Gasteiger partial charge is 0.150 e. The quantitative estimate of drug-likeness (QED) is 0.907. The van der Waals surface area contributed by atoms with Crippen LogP contribution in [0.2, 0.25) is 0 Å². The number of hydrogen-bond acceptors (Lipinski definition) is 2. The van der Waals surface area contributed by atoms with Crippen LogP contribution in [-0.2, 0) is 10.2 Å². The van der Waals surface area contributed by atoms with Gasteiger partial charge in [0.25, 0.3) is 0 Å². The molecular formula is C18H18O2. The molecule has 2 heteroatoms. The minimum absolute atomic E-state index is 0.119. The van der Waals surface area contributed by atoms with Crippen molar-refractivity contribution in [2.45, 2.75) is 30.8 Å².